The van der Waals surface area contributed by atoms with E-state index in [0.717, 1.165) is 0 Å². The molecule has 0 spiro atoms. The third-order valence-corrected chi connectivity index (χ3v) is 1.34. The summed E-state index contributed by atoms with van der Waals surface area (Å²) in [6.45, 7) is 1.47. The van der Waals surface area contributed by atoms with Crippen molar-refractivity contribution in [1.82, 2.24) is 9.78 Å². The lowest BCUT2D eigenvalue weighted by molar-refractivity contribution is -0.144. The summed E-state index contributed by atoms with van der Waals surface area (Å²) >= 11 is 0. The maximum absolute atomic E-state index is 10.4. The van der Waals surface area contributed by atoms with Crippen LogP contribution in [0.15, 0.2) is 12.4 Å². The van der Waals surface area contributed by atoms with Gasteiger partial charge >= 0.3 is 5.97 Å². The van der Waals surface area contributed by atoms with Crippen LogP contribution in [0.5, 0.6) is 5.75 Å². The third kappa shape index (κ3) is 1.98. The van der Waals surface area contributed by atoms with Crippen molar-refractivity contribution in [2.45, 2.75) is 13.0 Å². The van der Waals surface area contributed by atoms with Crippen LogP contribution in [0.2, 0.25) is 0 Å². The van der Waals surface area contributed by atoms with Crippen molar-refractivity contribution in [3.63, 3.8) is 0 Å². The molecule has 0 aliphatic rings. The number of carbonyl (C=O) groups is 1. The summed E-state index contributed by atoms with van der Waals surface area (Å²) in [6, 6.07) is 0. The molecule has 5 heteroatoms. The van der Waals surface area contributed by atoms with E-state index in [-0.39, 0.29) is 0 Å². The van der Waals surface area contributed by atoms with Crippen LogP contribution in [0, 0.1) is 0 Å². The van der Waals surface area contributed by atoms with Gasteiger partial charge in [-0.1, -0.05) is 0 Å². The summed E-state index contributed by atoms with van der Waals surface area (Å²) in [7, 11) is 1.73. The van der Waals surface area contributed by atoms with Crippen molar-refractivity contribution < 1.29 is 14.6 Å². The Hall–Kier alpha value is -1.52. The molecule has 0 bridgehead atoms. The van der Waals surface area contributed by atoms with Gasteiger partial charge in [-0.3, -0.25) is 4.68 Å². The maximum Gasteiger partial charge on any atom is 0.344 e. The number of ether oxygens (including phenoxy) is 1. The third-order valence-electron chi connectivity index (χ3n) is 1.34. The molecule has 66 valence electrons. The van der Waals surface area contributed by atoms with Crippen molar-refractivity contribution in [3.05, 3.63) is 12.4 Å². The number of aryl methyl sites for hydroxylation is 1. The summed E-state index contributed by atoms with van der Waals surface area (Å²) in [5, 5.41) is 12.3. The summed E-state index contributed by atoms with van der Waals surface area (Å²) in [6.07, 6.45) is 2.24. The fraction of sp³-hybridized carbons (Fsp3) is 0.429. The van der Waals surface area contributed by atoms with E-state index in [2.05, 4.69) is 5.10 Å². The van der Waals surface area contributed by atoms with Gasteiger partial charge in [-0.05, 0) is 6.92 Å². The molecule has 0 radical (unpaired) electrons. The van der Waals surface area contributed by atoms with Crippen molar-refractivity contribution in [2.75, 3.05) is 0 Å². The molecule has 1 unspecified atom stereocenters. The van der Waals surface area contributed by atoms with Crippen LogP contribution in [0.3, 0.4) is 0 Å². The minimum atomic E-state index is -0.987. The van der Waals surface area contributed by atoms with E-state index in [1.165, 1.54) is 13.1 Å². The maximum atomic E-state index is 10.4. The summed E-state index contributed by atoms with van der Waals surface area (Å²) in [5.41, 5.74) is 0. The molecule has 1 atom stereocenters. The predicted octanol–water partition coefficient (Wildman–Crippen LogP) is 0.272. The first-order chi connectivity index (χ1) is 5.59. The SMILES string of the molecule is CC(Oc1cnn(C)c1)C(=O)O. The average Bonchev–Trinajstić information content (AvgIpc) is 2.35. The molecule has 1 N–H and O–H groups in total. The van der Waals surface area contributed by atoms with Gasteiger partial charge in [-0.2, -0.15) is 5.10 Å². The van der Waals surface area contributed by atoms with Gasteiger partial charge in [0.15, 0.2) is 11.9 Å². The molecule has 1 aromatic rings. The molecule has 1 heterocycles. The Kier molecular flexibility index (Phi) is 2.32. The van der Waals surface area contributed by atoms with E-state index >= 15 is 0 Å². The highest BCUT2D eigenvalue weighted by Gasteiger charge is 2.12. The van der Waals surface area contributed by atoms with Crippen LogP contribution < -0.4 is 4.74 Å². The van der Waals surface area contributed by atoms with Crippen molar-refractivity contribution >= 4 is 5.97 Å². The van der Waals surface area contributed by atoms with Gasteiger partial charge in [0.2, 0.25) is 0 Å². The lowest BCUT2D eigenvalue weighted by Crippen LogP contribution is -2.22. The summed E-state index contributed by atoms with van der Waals surface area (Å²) in [5.74, 6) is -0.522. The van der Waals surface area contributed by atoms with E-state index in [9.17, 15) is 4.79 Å². The molecule has 0 saturated carbocycles. The van der Waals surface area contributed by atoms with Crippen LogP contribution in [0.1, 0.15) is 6.92 Å². The minimum Gasteiger partial charge on any atom is -0.479 e. The first-order valence-electron chi connectivity index (χ1n) is 3.47. The highest BCUT2D eigenvalue weighted by Crippen LogP contribution is 2.09. The van der Waals surface area contributed by atoms with E-state index in [1.54, 1.807) is 17.9 Å². The topological polar surface area (TPSA) is 64.4 Å². The highest BCUT2D eigenvalue weighted by molar-refractivity contribution is 5.72. The second-order valence-corrected chi connectivity index (χ2v) is 2.45. The Morgan fingerprint density at radius 2 is 2.50 bits per heavy atom. The van der Waals surface area contributed by atoms with Gasteiger partial charge < -0.3 is 9.84 Å². The van der Waals surface area contributed by atoms with Crippen molar-refractivity contribution in [3.8, 4) is 5.75 Å². The zero-order valence-corrected chi connectivity index (χ0v) is 6.89. The van der Waals surface area contributed by atoms with Crippen LogP contribution >= 0.6 is 0 Å². The van der Waals surface area contributed by atoms with Gasteiger partial charge in [0.1, 0.15) is 0 Å². The molecule has 1 aromatic heterocycles. The molecular weight excluding hydrogens is 160 g/mol. The quantitative estimate of drug-likeness (QED) is 0.707. The molecule has 0 aliphatic heterocycles. The smallest absolute Gasteiger partial charge is 0.344 e. The Balaban J connectivity index is 2.58. The Morgan fingerprint density at radius 1 is 1.83 bits per heavy atom. The molecular formula is C7H10N2O3. The first-order valence-corrected chi connectivity index (χ1v) is 3.47. The van der Waals surface area contributed by atoms with E-state index in [0.29, 0.717) is 5.75 Å². The van der Waals surface area contributed by atoms with Crippen molar-refractivity contribution in [2.24, 2.45) is 7.05 Å². The highest BCUT2D eigenvalue weighted by atomic mass is 16.5. The zero-order chi connectivity index (χ0) is 9.14. The van der Waals surface area contributed by atoms with E-state index in [1.807, 2.05) is 0 Å². The molecule has 12 heavy (non-hydrogen) atoms. The van der Waals surface area contributed by atoms with E-state index < -0.39 is 12.1 Å². The number of hydrogen-bond donors (Lipinski definition) is 1. The molecule has 5 nitrogen and oxygen atoms in total. The average molecular weight is 170 g/mol. The number of carboxylic acid groups (broad SMARTS) is 1. The van der Waals surface area contributed by atoms with Crippen LogP contribution in [-0.2, 0) is 11.8 Å². The number of rotatable bonds is 3. The Labute approximate surface area is 69.6 Å². The second kappa shape index (κ2) is 3.25. The number of hydrogen-bond acceptors (Lipinski definition) is 3. The molecule has 0 aliphatic carbocycles. The number of nitrogens with zero attached hydrogens (tertiary/aromatic N) is 2. The standard InChI is InChI=1S/C7H10N2O3/c1-5(7(10)11)12-6-3-8-9(2)4-6/h3-5H,1-2H3,(H,10,11). The van der Waals surface area contributed by atoms with Crippen LogP contribution in [0.25, 0.3) is 0 Å². The van der Waals surface area contributed by atoms with Crippen molar-refractivity contribution in [1.29, 1.82) is 0 Å². The molecule has 0 fully saturated rings. The van der Waals surface area contributed by atoms with Gasteiger partial charge in [0.25, 0.3) is 0 Å². The lowest BCUT2D eigenvalue weighted by atomic mass is 10.4. The molecule has 1 rings (SSSR count). The fourth-order valence-electron chi connectivity index (χ4n) is 0.714. The Bertz CT molecular complexity index is 282. The number of aliphatic carboxylic acids is 1. The number of aromatic nitrogens is 2. The molecule has 0 aromatic carbocycles. The predicted molar refractivity (Wildman–Crippen MR) is 40.9 cm³/mol. The largest absolute Gasteiger partial charge is 0.479 e. The number of carboxylic acids is 1. The van der Waals surface area contributed by atoms with Gasteiger partial charge in [0.05, 0.1) is 12.4 Å². The van der Waals surface area contributed by atoms with Gasteiger partial charge in [0, 0.05) is 7.05 Å². The summed E-state index contributed by atoms with van der Waals surface area (Å²) < 4.78 is 6.56. The van der Waals surface area contributed by atoms with Crippen LogP contribution in [0.4, 0.5) is 0 Å². The monoisotopic (exact) mass is 170 g/mol. The summed E-state index contributed by atoms with van der Waals surface area (Å²) in [4.78, 5) is 10.4. The first kappa shape index (κ1) is 8.58. The molecule has 0 saturated heterocycles. The van der Waals surface area contributed by atoms with Gasteiger partial charge in [-0.25, -0.2) is 4.79 Å². The Morgan fingerprint density at radius 3 is 2.92 bits per heavy atom. The van der Waals surface area contributed by atoms with Crippen LogP contribution in [-0.4, -0.2) is 27.0 Å². The van der Waals surface area contributed by atoms with E-state index in [4.69, 9.17) is 9.84 Å². The zero-order valence-electron chi connectivity index (χ0n) is 6.89. The minimum absolute atomic E-state index is 0.465. The molecule has 0 amide bonds. The second-order valence-electron chi connectivity index (χ2n) is 2.45. The van der Waals surface area contributed by atoms with Gasteiger partial charge in [-0.15, -0.1) is 0 Å². The normalized spacial score (nSPS) is 12.5. The fourth-order valence-corrected chi connectivity index (χ4v) is 0.714. The lowest BCUT2D eigenvalue weighted by Gasteiger charge is -2.06.